The largest absolute Gasteiger partial charge is 0.315 e. The molecule has 0 radical (unpaired) electrons. The van der Waals surface area contributed by atoms with Gasteiger partial charge in [-0.3, -0.25) is 9.79 Å². The summed E-state index contributed by atoms with van der Waals surface area (Å²) in [6.07, 6.45) is 0.598. The van der Waals surface area contributed by atoms with Gasteiger partial charge in [-0.15, -0.1) is 0 Å². The maximum Gasteiger partial charge on any atom is 0.225 e. The fourth-order valence-corrected chi connectivity index (χ4v) is 0.966. The number of hydrogen-bond donors (Lipinski definition) is 1. The van der Waals surface area contributed by atoms with Crippen molar-refractivity contribution in [3.05, 3.63) is 0 Å². The second-order valence-corrected chi connectivity index (χ2v) is 2.78. The van der Waals surface area contributed by atoms with Crippen LogP contribution in [0, 0.1) is 5.92 Å². The first-order valence-corrected chi connectivity index (χ1v) is 3.49. The molecule has 1 aliphatic heterocycles. The summed E-state index contributed by atoms with van der Waals surface area (Å²) in [4.78, 5) is 15.1. The zero-order valence-electron chi connectivity index (χ0n) is 6.35. The van der Waals surface area contributed by atoms with Crippen molar-refractivity contribution < 1.29 is 4.79 Å². The van der Waals surface area contributed by atoms with E-state index in [0.29, 0.717) is 12.3 Å². The monoisotopic (exact) mass is 140 g/mol. The number of amidine groups is 1. The number of carbonyl (C=O) groups excluding carboxylic acids is 1. The van der Waals surface area contributed by atoms with Crippen molar-refractivity contribution in [1.82, 2.24) is 5.32 Å². The Labute approximate surface area is 60.5 Å². The molecular formula is C7H12N2O. The van der Waals surface area contributed by atoms with E-state index in [-0.39, 0.29) is 5.91 Å². The van der Waals surface area contributed by atoms with Gasteiger partial charge in [-0.1, -0.05) is 6.92 Å². The lowest BCUT2D eigenvalue weighted by Gasteiger charge is -2.00. The van der Waals surface area contributed by atoms with E-state index in [9.17, 15) is 4.79 Å². The van der Waals surface area contributed by atoms with Crippen LogP contribution in [0.3, 0.4) is 0 Å². The van der Waals surface area contributed by atoms with Crippen molar-refractivity contribution in [2.24, 2.45) is 10.9 Å². The maximum absolute atomic E-state index is 10.9. The molecule has 1 aliphatic rings. The lowest BCUT2D eigenvalue weighted by atomic mass is 10.1. The molecule has 0 aromatic rings. The van der Waals surface area contributed by atoms with Gasteiger partial charge in [0.1, 0.15) is 0 Å². The van der Waals surface area contributed by atoms with Crippen molar-refractivity contribution in [2.75, 3.05) is 6.54 Å². The van der Waals surface area contributed by atoms with Crippen LogP contribution in [0.1, 0.15) is 20.3 Å². The van der Waals surface area contributed by atoms with Gasteiger partial charge in [0.2, 0.25) is 5.91 Å². The lowest BCUT2D eigenvalue weighted by molar-refractivity contribution is -0.120. The smallest absolute Gasteiger partial charge is 0.225 e. The van der Waals surface area contributed by atoms with Crippen molar-refractivity contribution in [3.63, 3.8) is 0 Å². The van der Waals surface area contributed by atoms with Crippen LogP contribution in [0.4, 0.5) is 0 Å². The highest BCUT2D eigenvalue weighted by molar-refractivity contribution is 5.97. The average molecular weight is 140 g/mol. The van der Waals surface area contributed by atoms with E-state index in [1.165, 1.54) is 0 Å². The Kier molecular flexibility index (Phi) is 2.04. The quantitative estimate of drug-likeness (QED) is 0.525. The Morgan fingerprint density at radius 3 is 3.10 bits per heavy atom. The Bertz CT molecular complexity index is 174. The molecule has 0 spiro atoms. The minimum atomic E-state index is 0.0891. The number of rotatable bonds is 0. The number of aliphatic imine (C=N–C) groups is 1. The van der Waals surface area contributed by atoms with Gasteiger partial charge in [0.25, 0.3) is 0 Å². The van der Waals surface area contributed by atoms with Gasteiger partial charge in [-0.2, -0.15) is 0 Å². The van der Waals surface area contributed by atoms with E-state index in [1.54, 1.807) is 0 Å². The predicted molar refractivity (Wildman–Crippen MR) is 39.9 cm³/mol. The fraction of sp³-hybridized carbons (Fsp3) is 0.714. The number of hydrogen-bond acceptors (Lipinski definition) is 2. The van der Waals surface area contributed by atoms with E-state index in [0.717, 1.165) is 12.4 Å². The molecule has 1 unspecified atom stereocenters. The topological polar surface area (TPSA) is 41.5 Å². The molecular weight excluding hydrogens is 128 g/mol. The van der Waals surface area contributed by atoms with Crippen LogP contribution in [-0.2, 0) is 4.79 Å². The van der Waals surface area contributed by atoms with Crippen molar-refractivity contribution in [2.45, 2.75) is 20.3 Å². The van der Waals surface area contributed by atoms with Gasteiger partial charge in [0.15, 0.2) is 0 Å². The van der Waals surface area contributed by atoms with Crippen molar-refractivity contribution >= 4 is 11.7 Å². The van der Waals surface area contributed by atoms with Crippen LogP contribution in [0.2, 0.25) is 0 Å². The highest BCUT2D eigenvalue weighted by Gasteiger charge is 2.12. The van der Waals surface area contributed by atoms with Crippen LogP contribution < -0.4 is 5.32 Å². The van der Waals surface area contributed by atoms with Gasteiger partial charge >= 0.3 is 0 Å². The summed E-state index contributed by atoms with van der Waals surface area (Å²) in [5.41, 5.74) is 0. The molecule has 1 rings (SSSR count). The minimum absolute atomic E-state index is 0.0891. The Morgan fingerprint density at radius 2 is 2.40 bits per heavy atom. The average Bonchev–Trinajstić information content (AvgIpc) is 1.93. The van der Waals surface area contributed by atoms with E-state index in [4.69, 9.17) is 0 Å². The second kappa shape index (κ2) is 2.82. The summed E-state index contributed by atoms with van der Waals surface area (Å²) < 4.78 is 0. The third-order valence-corrected chi connectivity index (χ3v) is 1.49. The molecule has 0 bridgehead atoms. The van der Waals surface area contributed by atoms with Gasteiger partial charge in [-0.25, -0.2) is 0 Å². The zero-order valence-corrected chi connectivity index (χ0v) is 6.35. The third kappa shape index (κ3) is 1.83. The lowest BCUT2D eigenvalue weighted by Crippen LogP contribution is -2.26. The Balaban J connectivity index is 2.61. The first-order valence-electron chi connectivity index (χ1n) is 3.49. The summed E-state index contributed by atoms with van der Waals surface area (Å²) in [6.45, 7) is 4.61. The first-order chi connectivity index (χ1) is 4.68. The number of amides is 1. The number of carbonyl (C=O) groups is 1. The first kappa shape index (κ1) is 7.25. The fourth-order valence-electron chi connectivity index (χ4n) is 0.966. The summed E-state index contributed by atoms with van der Waals surface area (Å²) in [5, 5.41) is 2.68. The zero-order chi connectivity index (χ0) is 7.56. The van der Waals surface area contributed by atoms with Gasteiger partial charge in [0.05, 0.1) is 5.84 Å². The van der Waals surface area contributed by atoms with Crippen molar-refractivity contribution in [1.29, 1.82) is 0 Å². The minimum Gasteiger partial charge on any atom is -0.315 e. The summed E-state index contributed by atoms with van der Waals surface area (Å²) in [5.74, 6) is 1.22. The van der Waals surface area contributed by atoms with Crippen LogP contribution in [0.15, 0.2) is 4.99 Å². The molecule has 56 valence electrons. The number of nitrogens with zero attached hydrogens (tertiary/aromatic N) is 1. The van der Waals surface area contributed by atoms with E-state index in [2.05, 4.69) is 10.3 Å². The van der Waals surface area contributed by atoms with E-state index < -0.39 is 0 Å². The molecule has 0 aromatic carbocycles. The summed E-state index contributed by atoms with van der Waals surface area (Å²) >= 11 is 0. The van der Waals surface area contributed by atoms with E-state index in [1.807, 2.05) is 13.8 Å². The molecule has 3 heteroatoms. The van der Waals surface area contributed by atoms with Crippen molar-refractivity contribution in [3.8, 4) is 0 Å². The van der Waals surface area contributed by atoms with Crippen LogP contribution in [0.25, 0.3) is 0 Å². The summed E-state index contributed by atoms with van der Waals surface area (Å²) in [6, 6.07) is 0. The highest BCUT2D eigenvalue weighted by atomic mass is 16.1. The van der Waals surface area contributed by atoms with Crippen LogP contribution in [-0.4, -0.2) is 18.3 Å². The molecule has 10 heavy (non-hydrogen) atoms. The standard InChI is InChI=1S/C7H12N2O/c1-5-3-7(10)9-6(2)8-4-5/h5H,3-4H2,1-2H3,(H,8,9,10). The summed E-state index contributed by atoms with van der Waals surface area (Å²) in [7, 11) is 0. The molecule has 1 heterocycles. The van der Waals surface area contributed by atoms with Gasteiger partial charge in [-0.05, 0) is 12.8 Å². The van der Waals surface area contributed by atoms with Gasteiger partial charge in [0, 0.05) is 13.0 Å². The second-order valence-electron chi connectivity index (χ2n) is 2.78. The van der Waals surface area contributed by atoms with Gasteiger partial charge < -0.3 is 5.32 Å². The predicted octanol–water partition coefficient (Wildman–Crippen LogP) is 0.561. The SMILES string of the molecule is CC1=NCC(C)CC(=O)N1. The Hall–Kier alpha value is -0.860. The normalized spacial score (nSPS) is 26.8. The maximum atomic E-state index is 10.9. The molecule has 3 nitrogen and oxygen atoms in total. The third-order valence-electron chi connectivity index (χ3n) is 1.49. The molecule has 0 saturated carbocycles. The molecule has 1 N–H and O–H groups in total. The van der Waals surface area contributed by atoms with Crippen LogP contribution in [0.5, 0.6) is 0 Å². The molecule has 0 aromatic heterocycles. The molecule has 0 aliphatic carbocycles. The Morgan fingerprint density at radius 1 is 1.70 bits per heavy atom. The molecule has 0 saturated heterocycles. The van der Waals surface area contributed by atoms with Crippen LogP contribution >= 0.6 is 0 Å². The molecule has 1 atom stereocenters. The molecule has 1 amide bonds. The molecule has 0 fully saturated rings. The number of nitrogens with one attached hydrogen (secondary N) is 1. The highest BCUT2D eigenvalue weighted by Crippen LogP contribution is 2.04. The van der Waals surface area contributed by atoms with E-state index >= 15 is 0 Å².